The zero-order valence-electron chi connectivity index (χ0n) is 6.35. The highest BCUT2D eigenvalue weighted by atomic mass is 16.5. The molecule has 0 spiro atoms. The topological polar surface area (TPSA) is 86.7 Å². The molecule has 1 rings (SSSR count). The van der Waals surface area contributed by atoms with Crippen LogP contribution in [-0.4, -0.2) is 27.5 Å². The summed E-state index contributed by atoms with van der Waals surface area (Å²) in [6, 6.07) is 1.89. The zero-order chi connectivity index (χ0) is 8.85. The van der Waals surface area contributed by atoms with E-state index in [9.17, 15) is 0 Å². The van der Waals surface area contributed by atoms with E-state index in [0.717, 1.165) is 11.5 Å². The Balaban J connectivity index is 0.000000218. The first-order valence-corrected chi connectivity index (χ1v) is 2.96. The summed E-state index contributed by atoms with van der Waals surface area (Å²) >= 11 is 0. The Morgan fingerprint density at radius 3 is 1.91 bits per heavy atom. The molecule has 0 saturated carbocycles. The van der Waals surface area contributed by atoms with E-state index in [1.165, 1.54) is 0 Å². The highest BCUT2D eigenvalue weighted by Crippen LogP contribution is 1.96. The van der Waals surface area contributed by atoms with Crippen LogP contribution in [0.25, 0.3) is 0 Å². The second-order valence-electron chi connectivity index (χ2n) is 1.93. The molecule has 11 heavy (non-hydrogen) atoms. The minimum absolute atomic E-state index is 0.873. The van der Waals surface area contributed by atoms with Crippen molar-refractivity contribution < 1.29 is 19.6 Å². The minimum atomic E-state index is -2.17. The van der Waals surface area contributed by atoms with E-state index in [2.05, 4.69) is 5.16 Å². The summed E-state index contributed by atoms with van der Waals surface area (Å²) in [5.41, 5.74) is 0.942. The molecule has 0 aliphatic heterocycles. The molecule has 0 atom stereocenters. The van der Waals surface area contributed by atoms with Crippen molar-refractivity contribution in [2.45, 2.75) is 13.8 Å². The zero-order valence-corrected chi connectivity index (χ0v) is 6.35. The Morgan fingerprint density at radius 2 is 1.82 bits per heavy atom. The van der Waals surface area contributed by atoms with Crippen LogP contribution in [0.2, 0.25) is 0 Å². The van der Waals surface area contributed by atoms with Gasteiger partial charge in [0.05, 0.1) is 5.69 Å². The van der Waals surface area contributed by atoms with E-state index in [-0.39, 0.29) is 0 Å². The van der Waals surface area contributed by atoms with Crippen LogP contribution in [0, 0.1) is 13.8 Å². The van der Waals surface area contributed by atoms with Gasteiger partial charge < -0.3 is 19.6 Å². The van der Waals surface area contributed by atoms with Crippen LogP contribution in [0.1, 0.15) is 11.5 Å². The number of hydrogen-bond donors (Lipinski definition) is 3. The molecule has 0 aliphatic carbocycles. The Hall–Kier alpha value is -0.845. The molecule has 1 aromatic rings. The lowest BCUT2D eigenvalue weighted by Gasteiger charge is -1.69. The number of rotatable bonds is 0. The van der Waals surface area contributed by atoms with Crippen LogP contribution in [0.3, 0.4) is 0 Å². The van der Waals surface area contributed by atoms with Gasteiger partial charge in [0.15, 0.2) is 0 Å². The standard InChI is InChI=1S/C5H7NO.BH3O3/c1-4-3-5(2)7-6-4;2-1(3)4/h3H,1-2H3;2-4H. The Morgan fingerprint density at radius 1 is 1.36 bits per heavy atom. The van der Waals surface area contributed by atoms with Gasteiger partial charge in [-0.15, -0.1) is 0 Å². The van der Waals surface area contributed by atoms with Gasteiger partial charge in [-0.3, -0.25) is 0 Å². The summed E-state index contributed by atoms with van der Waals surface area (Å²) in [4.78, 5) is 0. The van der Waals surface area contributed by atoms with Gasteiger partial charge in [0.2, 0.25) is 0 Å². The summed E-state index contributed by atoms with van der Waals surface area (Å²) in [5.74, 6) is 0.873. The summed E-state index contributed by atoms with van der Waals surface area (Å²) < 4.78 is 4.71. The molecule has 0 radical (unpaired) electrons. The minimum Gasteiger partial charge on any atom is -0.402 e. The first kappa shape index (κ1) is 10.2. The molecule has 0 aromatic carbocycles. The molecule has 6 heteroatoms. The number of aromatic nitrogens is 1. The predicted molar refractivity (Wildman–Crippen MR) is 38.4 cm³/mol. The third-order valence-corrected chi connectivity index (χ3v) is 0.746. The SMILES string of the molecule is Cc1cc(C)on1.OB(O)O. The van der Waals surface area contributed by atoms with Crippen molar-refractivity contribution in [1.29, 1.82) is 0 Å². The van der Waals surface area contributed by atoms with E-state index in [1.807, 2.05) is 19.9 Å². The van der Waals surface area contributed by atoms with Gasteiger partial charge >= 0.3 is 7.32 Å². The Kier molecular flexibility index (Phi) is 4.52. The van der Waals surface area contributed by atoms with E-state index in [1.54, 1.807) is 0 Å². The molecule has 0 fully saturated rings. The second kappa shape index (κ2) is 4.89. The Bertz CT molecular complexity index is 181. The molecule has 0 amide bonds. The lowest BCUT2D eigenvalue weighted by atomic mass is 10.3. The van der Waals surface area contributed by atoms with Crippen LogP contribution in [0.5, 0.6) is 0 Å². The average Bonchev–Trinajstić information content (AvgIpc) is 2.13. The smallest absolute Gasteiger partial charge is 0.402 e. The van der Waals surface area contributed by atoms with Crippen LogP contribution in [0.15, 0.2) is 10.6 Å². The maximum atomic E-state index is 7.17. The lowest BCUT2D eigenvalue weighted by Crippen LogP contribution is -2.07. The molecule has 3 N–H and O–H groups in total. The maximum Gasteiger partial charge on any atom is 0.631 e. The summed E-state index contributed by atoms with van der Waals surface area (Å²) in [6.45, 7) is 3.77. The van der Waals surface area contributed by atoms with E-state index in [0.29, 0.717) is 0 Å². The van der Waals surface area contributed by atoms with Crippen molar-refractivity contribution in [2.75, 3.05) is 0 Å². The predicted octanol–water partition coefficient (Wildman–Crippen LogP) is -0.760. The monoisotopic (exact) mass is 159 g/mol. The van der Waals surface area contributed by atoms with Gasteiger partial charge in [0, 0.05) is 6.07 Å². The summed E-state index contributed by atoms with van der Waals surface area (Å²) in [6.07, 6.45) is 0. The fraction of sp³-hybridized carbons (Fsp3) is 0.400. The van der Waals surface area contributed by atoms with Gasteiger partial charge in [-0.2, -0.15) is 0 Å². The third-order valence-electron chi connectivity index (χ3n) is 0.746. The molecule has 1 aromatic heterocycles. The molecule has 1 heterocycles. The fourth-order valence-electron chi connectivity index (χ4n) is 0.491. The van der Waals surface area contributed by atoms with Gasteiger partial charge in [0.25, 0.3) is 0 Å². The third kappa shape index (κ3) is 7.05. The second-order valence-corrected chi connectivity index (χ2v) is 1.93. The molecule has 62 valence electrons. The van der Waals surface area contributed by atoms with Crippen molar-refractivity contribution in [3.05, 3.63) is 17.5 Å². The van der Waals surface area contributed by atoms with E-state index < -0.39 is 7.32 Å². The lowest BCUT2D eigenvalue weighted by molar-refractivity contribution is 0.278. The van der Waals surface area contributed by atoms with Crippen molar-refractivity contribution in [2.24, 2.45) is 0 Å². The van der Waals surface area contributed by atoms with Gasteiger partial charge in [-0.1, -0.05) is 5.16 Å². The van der Waals surface area contributed by atoms with Crippen LogP contribution in [-0.2, 0) is 0 Å². The van der Waals surface area contributed by atoms with Crippen molar-refractivity contribution in [1.82, 2.24) is 5.16 Å². The van der Waals surface area contributed by atoms with Crippen molar-refractivity contribution in [3.63, 3.8) is 0 Å². The number of nitrogens with zero attached hydrogens (tertiary/aromatic N) is 1. The molecular formula is C5H10BNO4. The van der Waals surface area contributed by atoms with Gasteiger partial charge in [0.1, 0.15) is 5.76 Å². The largest absolute Gasteiger partial charge is 0.631 e. The van der Waals surface area contributed by atoms with Crippen molar-refractivity contribution >= 4 is 7.32 Å². The van der Waals surface area contributed by atoms with E-state index >= 15 is 0 Å². The first-order valence-electron chi connectivity index (χ1n) is 2.96. The van der Waals surface area contributed by atoms with Crippen molar-refractivity contribution in [3.8, 4) is 0 Å². The van der Waals surface area contributed by atoms with Crippen LogP contribution in [0.4, 0.5) is 0 Å². The molecule has 5 nitrogen and oxygen atoms in total. The molecule has 0 saturated heterocycles. The maximum absolute atomic E-state index is 7.17. The molecule has 0 bridgehead atoms. The quantitative estimate of drug-likeness (QED) is 0.433. The summed E-state index contributed by atoms with van der Waals surface area (Å²) in [7, 11) is -2.17. The Labute approximate surface area is 64.4 Å². The van der Waals surface area contributed by atoms with Crippen LogP contribution >= 0.6 is 0 Å². The van der Waals surface area contributed by atoms with Crippen LogP contribution < -0.4 is 0 Å². The number of aryl methyl sites for hydroxylation is 2. The summed E-state index contributed by atoms with van der Waals surface area (Å²) in [5, 5.41) is 25.1. The molecule has 0 aliphatic rings. The molecular weight excluding hydrogens is 149 g/mol. The van der Waals surface area contributed by atoms with Gasteiger partial charge in [-0.05, 0) is 13.8 Å². The van der Waals surface area contributed by atoms with Gasteiger partial charge in [-0.25, -0.2) is 0 Å². The van der Waals surface area contributed by atoms with E-state index in [4.69, 9.17) is 19.6 Å². The highest BCUT2D eigenvalue weighted by Gasteiger charge is 1.92. The highest BCUT2D eigenvalue weighted by molar-refractivity contribution is 6.30. The fourth-order valence-corrected chi connectivity index (χ4v) is 0.491. The number of hydrogen-bond acceptors (Lipinski definition) is 5. The first-order chi connectivity index (χ1) is 5.02. The molecule has 0 unspecified atom stereocenters. The normalized spacial score (nSPS) is 8.45. The average molecular weight is 159 g/mol.